The molecule has 3 atom stereocenters. The van der Waals surface area contributed by atoms with Gasteiger partial charge in [0.2, 0.25) is 0 Å². The van der Waals surface area contributed by atoms with Crippen LogP contribution < -0.4 is 5.73 Å². The maximum Gasteiger partial charge on any atom is 0.472 e. The summed E-state index contributed by atoms with van der Waals surface area (Å²) in [5, 5.41) is 8.89. The van der Waals surface area contributed by atoms with Crippen molar-refractivity contribution in [3.63, 3.8) is 0 Å². The van der Waals surface area contributed by atoms with Crippen LogP contribution in [0.4, 0.5) is 0 Å². The van der Waals surface area contributed by atoms with Gasteiger partial charge in [0, 0.05) is 12.8 Å². The number of unbranched alkanes of at least 4 members (excludes halogenated alkanes) is 16. The van der Waals surface area contributed by atoms with Gasteiger partial charge in [-0.05, 0) is 83.5 Å². The molecule has 11 nitrogen and oxygen atoms in total. The fourth-order valence-corrected chi connectivity index (χ4v) is 6.57. The summed E-state index contributed by atoms with van der Waals surface area (Å²) in [5.41, 5.74) is 5.33. The van der Waals surface area contributed by atoms with Gasteiger partial charge in [-0.3, -0.25) is 23.4 Å². The van der Waals surface area contributed by atoms with Crippen molar-refractivity contribution in [1.82, 2.24) is 0 Å². The number of esters is 2. The maximum absolute atomic E-state index is 12.6. The number of rotatable bonds is 42. The zero-order chi connectivity index (χ0) is 44.2. The first kappa shape index (κ1) is 56.9. The molecule has 0 rings (SSSR count). The second-order valence-corrected chi connectivity index (χ2v) is 16.6. The number of carbonyl (C=O) groups excluding carboxylic acids is 2. The van der Waals surface area contributed by atoms with Crippen LogP contribution >= 0.6 is 7.82 Å². The Morgan fingerprint density at radius 1 is 0.517 bits per heavy atom. The molecule has 60 heavy (non-hydrogen) atoms. The Hall–Kier alpha value is -3.08. The second-order valence-electron chi connectivity index (χ2n) is 15.2. The third-order valence-electron chi connectivity index (χ3n) is 9.43. The summed E-state index contributed by atoms with van der Waals surface area (Å²) in [5.74, 6) is -2.47. The van der Waals surface area contributed by atoms with Crippen molar-refractivity contribution in [2.45, 2.75) is 193 Å². The van der Waals surface area contributed by atoms with Crippen molar-refractivity contribution in [3.05, 3.63) is 72.9 Å². The minimum atomic E-state index is -4.74. The molecule has 0 aliphatic heterocycles. The Kier molecular flexibility index (Phi) is 40.4. The first-order chi connectivity index (χ1) is 29.1. The molecule has 0 heterocycles. The van der Waals surface area contributed by atoms with Gasteiger partial charge in [-0.15, -0.1) is 0 Å². The van der Waals surface area contributed by atoms with E-state index in [1.807, 2.05) is 6.08 Å². The van der Waals surface area contributed by atoms with Crippen molar-refractivity contribution >= 4 is 25.7 Å². The maximum atomic E-state index is 12.6. The molecule has 0 aliphatic carbocycles. The average Bonchev–Trinajstić information content (AvgIpc) is 3.22. The quantitative estimate of drug-likeness (QED) is 0.0231. The molecule has 0 saturated heterocycles. The van der Waals surface area contributed by atoms with Crippen LogP contribution in [0.3, 0.4) is 0 Å². The number of allylic oxidation sites excluding steroid dienone is 12. The fraction of sp³-hybridized carbons (Fsp3) is 0.688. The lowest BCUT2D eigenvalue weighted by atomic mass is 10.1. The lowest BCUT2D eigenvalue weighted by Gasteiger charge is -2.20. The third-order valence-corrected chi connectivity index (χ3v) is 10.4. The van der Waals surface area contributed by atoms with E-state index in [9.17, 15) is 23.8 Å². The van der Waals surface area contributed by atoms with Gasteiger partial charge in [-0.1, -0.05) is 157 Å². The lowest BCUT2D eigenvalue weighted by molar-refractivity contribution is -0.161. The summed E-state index contributed by atoms with van der Waals surface area (Å²) in [6.07, 6.45) is 51.2. The molecular weight excluding hydrogens is 781 g/mol. The number of nitrogens with two attached hydrogens (primary N) is 1. The predicted molar refractivity (Wildman–Crippen MR) is 244 cm³/mol. The summed E-state index contributed by atoms with van der Waals surface area (Å²) in [4.78, 5) is 46.0. The minimum absolute atomic E-state index is 0.130. The topological polar surface area (TPSA) is 172 Å². The van der Waals surface area contributed by atoms with Crippen LogP contribution in [0.15, 0.2) is 72.9 Å². The van der Waals surface area contributed by atoms with Gasteiger partial charge in [0.15, 0.2) is 6.10 Å². The zero-order valence-electron chi connectivity index (χ0n) is 37.3. The Bertz CT molecular complexity index is 1290. The monoisotopic (exact) mass is 864 g/mol. The molecule has 344 valence electrons. The van der Waals surface area contributed by atoms with Crippen molar-refractivity contribution in [2.24, 2.45) is 5.73 Å². The van der Waals surface area contributed by atoms with Crippen LogP contribution in [0.2, 0.25) is 0 Å². The lowest BCUT2D eigenvalue weighted by Crippen LogP contribution is -2.34. The SMILES string of the molecule is CCCCC/C=C/C/C=C/CCCCCCCC(=O)O[C@@H](COC(=O)CCC/C=C/C/C=C/C/C=C/C/C=C/CCCCCCCCC)COP(=O)(O)OC[C@H](N)C(=O)O. The fourth-order valence-electron chi connectivity index (χ4n) is 5.79. The Morgan fingerprint density at radius 2 is 0.900 bits per heavy atom. The van der Waals surface area contributed by atoms with Crippen molar-refractivity contribution < 1.29 is 47.5 Å². The van der Waals surface area contributed by atoms with E-state index in [2.05, 4.69) is 85.2 Å². The minimum Gasteiger partial charge on any atom is -0.480 e. The highest BCUT2D eigenvalue weighted by molar-refractivity contribution is 7.47. The Labute approximate surface area is 363 Å². The van der Waals surface area contributed by atoms with E-state index in [0.29, 0.717) is 19.3 Å². The smallest absolute Gasteiger partial charge is 0.472 e. The highest BCUT2D eigenvalue weighted by atomic mass is 31.2. The van der Waals surface area contributed by atoms with Gasteiger partial charge < -0.3 is 25.2 Å². The van der Waals surface area contributed by atoms with Crippen LogP contribution in [-0.2, 0) is 37.5 Å². The molecule has 0 aromatic carbocycles. The van der Waals surface area contributed by atoms with Gasteiger partial charge in [0.25, 0.3) is 0 Å². The molecule has 0 radical (unpaired) electrons. The molecule has 0 aromatic rings. The van der Waals surface area contributed by atoms with E-state index in [-0.39, 0.29) is 19.4 Å². The van der Waals surface area contributed by atoms with E-state index in [4.69, 9.17) is 24.8 Å². The number of carbonyl (C=O) groups is 3. The van der Waals surface area contributed by atoms with Gasteiger partial charge in [-0.25, -0.2) is 4.57 Å². The van der Waals surface area contributed by atoms with E-state index in [1.165, 1.54) is 70.6 Å². The summed E-state index contributed by atoms with van der Waals surface area (Å²) in [7, 11) is -4.74. The number of ether oxygens (including phenoxy) is 2. The molecule has 0 saturated carbocycles. The number of hydrogen-bond donors (Lipinski definition) is 3. The Balaban J connectivity index is 4.45. The molecule has 0 fully saturated rings. The summed E-state index contributed by atoms with van der Waals surface area (Å²) < 4.78 is 32.6. The number of carboxylic acid groups (broad SMARTS) is 1. The molecule has 0 amide bonds. The summed E-state index contributed by atoms with van der Waals surface area (Å²) in [6, 6.07) is -1.53. The standard InChI is InChI=1S/C48H82NO10P/c1-3-5-7-9-11-13-15-17-19-20-21-22-23-24-26-27-29-31-33-35-37-39-46(50)56-41-44(42-57-60(54,55)58-43-45(49)48(52)53)59-47(51)40-38-36-34-32-30-28-25-18-16-14-12-10-8-6-4-2/h12,14,18-20,22-23,25-27,31,33,44-45H,3-11,13,15-17,21,24,28-30,32,34-43,49H2,1-2H3,(H,52,53)(H,54,55)/b14-12+,20-19+,23-22+,25-18+,27-26+,33-31+/t44-,45-/m0/s1. The van der Waals surface area contributed by atoms with Crippen molar-refractivity contribution in [1.29, 1.82) is 0 Å². The van der Waals surface area contributed by atoms with Crippen molar-refractivity contribution in [2.75, 3.05) is 19.8 Å². The summed E-state index contributed by atoms with van der Waals surface area (Å²) >= 11 is 0. The van der Waals surface area contributed by atoms with Gasteiger partial charge >= 0.3 is 25.7 Å². The van der Waals surface area contributed by atoms with Gasteiger partial charge in [0.05, 0.1) is 13.2 Å². The van der Waals surface area contributed by atoms with E-state index in [0.717, 1.165) is 64.2 Å². The van der Waals surface area contributed by atoms with E-state index >= 15 is 0 Å². The van der Waals surface area contributed by atoms with Crippen LogP contribution in [0.1, 0.15) is 181 Å². The van der Waals surface area contributed by atoms with Crippen molar-refractivity contribution in [3.8, 4) is 0 Å². The molecule has 0 bridgehead atoms. The van der Waals surface area contributed by atoms with Crippen LogP contribution in [0.25, 0.3) is 0 Å². The highest BCUT2D eigenvalue weighted by Crippen LogP contribution is 2.43. The van der Waals surface area contributed by atoms with Gasteiger partial charge in [0.1, 0.15) is 12.6 Å². The highest BCUT2D eigenvalue weighted by Gasteiger charge is 2.28. The second kappa shape index (κ2) is 42.6. The number of phosphoric acid groups is 1. The molecule has 0 spiro atoms. The molecule has 0 aromatic heterocycles. The molecule has 4 N–H and O–H groups in total. The third kappa shape index (κ3) is 41.6. The van der Waals surface area contributed by atoms with E-state index in [1.54, 1.807) is 0 Å². The largest absolute Gasteiger partial charge is 0.480 e. The molecular formula is C48H82NO10P. The first-order valence-electron chi connectivity index (χ1n) is 23.0. The average molecular weight is 864 g/mol. The number of aliphatic carboxylic acids is 1. The molecule has 1 unspecified atom stereocenters. The Morgan fingerprint density at radius 3 is 1.40 bits per heavy atom. The number of hydrogen-bond acceptors (Lipinski definition) is 9. The van der Waals surface area contributed by atoms with Gasteiger partial charge in [-0.2, -0.15) is 0 Å². The zero-order valence-corrected chi connectivity index (χ0v) is 38.2. The molecule has 0 aliphatic rings. The first-order valence-corrected chi connectivity index (χ1v) is 24.5. The van der Waals surface area contributed by atoms with Crippen LogP contribution in [0.5, 0.6) is 0 Å². The normalized spacial score (nSPS) is 14.3. The van der Waals surface area contributed by atoms with Crippen LogP contribution in [-0.4, -0.2) is 59.9 Å². The number of carboxylic acids is 1. The number of phosphoric ester groups is 1. The summed E-state index contributed by atoms with van der Waals surface area (Å²) in [6.45, 7) is 2.70. The van der Waals surface area contributed by atoms with Crippen LogP contribution in [0, 0.1) is 0 Å². The molecule has 12 heteroatoms. The van der Waals surface area contributed by atoms with E-state index < -0.39 is 51.1 Å². The predicted octanol–water partition coefficient (Wildman–Crippen LogP) is 12.5.